The molecule has 0 aromatic rings. The van der Waals surface area contributed by atoms with Crippen LogP contribution in [-0.4, -0.2) is 18.9 Å². The lowest BCUT2D eigenvalue weighted by Crippen LogP contribution is -2.17. The molecule has 3 heteroatoms. The molecule has 2 atom stereocenters. The third-order valence-electron chi connectivity index (χ3n) is 2.78. The maximum absolute atomic E-state index is 11.3. The Kier molecular flexibility index (Phi) is 6.70. The fourth-order valence-electron chi connectivity index (χ4n) is 1.40. The molecule has 0 rings (SSSR count). The molecule has 3 nitrogen and oxygen atoms in total. The zero-order valence-electron chi connectivity index (χ0n) is 10.5. The van der Waals surface area contributed by atoms with Crippen molar-refractivity contribution in [2.24, 2.45) is 11.3 Å². The van der Waals surface area contributed by atoms with Crippen LogP contribution in [-0.2, 0) is 14.3 Å². The molecular weight excluding hydrogens is 204 g/mol. The Bertz CT molecular complexity index is 238. The number of carbonyl (C=O) groups excluding carboxylic acids is 2. The van der Waals surface area contributed by atoms with E-state index in [1.807, 2.05) is 13.8 Å². The zero-order chi connectivity index (χ0) is 12.6. The highest BCUT2D eigenvalue weighted by Crippen LogP contribution is 2.24. The Morgan fingerprint density at radius 2 is 2.19 bits per heavy atom. The van der Waals surface area contributed by atoms with Gasteiger partial charge < -0.3 is 9.53 Å². The van der Waals surface area contributed by atoms with Crippen molar-refractivity contribution in [1.82, 2.24) is 0 Å². The molecule has 0 aliphatic rings. The summed E-state index contributed by atoms with van der Waals surface area (Å²) in [5.74, 6) is -0.255. The van der Waals surface area contributed by atoms with Crippen LogP contribution in [0.3, 0.4) is 0 Å². The van der Waals surface area contributed by atoms with E-state index in [1.54, 1.807) is 13.0 Å². The largest absolute Gasteiger partial charge is 0.466 e. The van der Waals surface area contributed by atoms with Crippen LogP contribution in [0, 0.1) is 11.3 Å². The van der Waals surface area contributed by atoms with E-state index in [1.165, 1.54) is 0 Å². The van der Waals surface area contributed by atoms with Gasteiger partial charge in [-0.05, 0) is 26.7 Å². The molecule has 16 heavy (non-hydrogen) atoms. The van der Waals surface area contributed by atoms with Crippen molar-refractivity contribution in [1.29, 1.82) is 0 Å². The summed E-state index contributed by atoms with van der Waals surface area (Å²) in [4.78, 5) is 22.1. The van der Waals surface area contributed by atoms with Gasteiger partial charge in [-0.25, -0.2) is 0 Å². The average Bonchev–Trinajstić information content (AvgIpc) is 2.29. The molecule has 0 amide bonds. The third-order valence-corrected chi connectivity index (χ3v) is 2.78. The van der Waals surface area contributed by atoms with E-state index in [0.29, 0.717) is 6.61 Å². The van der Waals surface area contributed by atoms with Crippen LogP contribution in [0.2, 0.25) is 0 Å². The lowest BCUT2D eigenvalue weighted by Gasteiger charge is -2.18. The molecule has 0 aromatic heterocycles. The monoisotopic (exact) mass is 226 g/mol. The Morgan fingerprint density at radius 3 is 2.62 bits per heavy atom. The smallest absolute Gasteiger partial charge is 0.308 e. The third kappa shape index (κ3) is 5.10. The number of esters is 1. The maximum atomic E-state index is 11.3. The first-order chi connectivity index (χ1) is 7.49. The van der Waals surface area contributed by atoms with Gasteiger partial charge in [0.25, 0.3) is 0 Å². The molecule has 1 unspecified atom stereocenters. The summed E-state index contributed by atoms with van der Waals surface area (Å²) in [7, 11) is 0. The number of hydrogen-bond acceptors (Lipinski definition) is 3. The van der Waals surface area contributed by atoms with E-state index < -0.39 is 5.41 Å². The standard InChI is InChI=1S/C13H22O3/c1-5-13(4,10-14)9-7-8-11(3)12(15)16-6-2/h5,10-11H,1,6-9H2,2-4H3/t11?,13-/m1/s1. The molecule has 92 valence electrons. The molecule has 0 saturated carbocycles. The van der Waals surface area contributed by atoms with Crippen molar-refractivity contribution >= 4 is 12.3 Å². The van der Waals surface area contributed by atoms with Gasteiger partial charge in [-0.1, -0.05) is 19.4 Å². The summed E-state index contributed by atoms with van der Waals surface area (Å²) >= 11 is 0. The fraction of sp³-hybridized carbons (Fsp3) is 0.692. The molecule has 0 fully saturated rings. The van der Waals surface area contributed by atoms with Gasteiger partial charge in [0.1, 0.15) is 6.29 Å². The molecule has 0 aromatic carbocycles. The topological polar surface area (TPSA) is 43.4 Å². The van der Waals surface area contributed by atoms with Crippen molar-refractivity contribution in [3.8, 4) is 0 Å². The molecule has 0 aliphatic heterocycles. The van der Waals surface area contributed by atoms with Gasteiger partial charge in [-0.3, -0.25) is 4.79 Å². The molecule has 0 bridgehead atoms. The second kappa shape index (κ2) is 7.20. The van der Waals surface area contributed by atoms with E-state index in [2.05, 4.69) is 6.58 Å². The van der Waals surface area contributed by atoms with Crippen LogP contribution in [0.1, 0.15) is 40.0 Å². The van der Waals surface area contributed by atoms with Crippen molar-refractivity contribution in [3.63, 3.8) is 0 Å². The predicted molar refractivity (Wildman–Crippen MR) is 64.0 cm³/mol. The molecule has 0 heterocycles. The van der Waals surface area contributed by atoms with Gasteiger partial charge in [0.05, 0.1) is 12.5 Å². The minimum atomic E-state index is -0.464. The number of hydrogen-bond donors (Lipinski definition) is 0. The molecule has 0 saturated heterocycles. The van der Waals surface area contributed by atoms with Crippen molar-refractivity contribution in [2.45, 2.75) is 40.0 Å². The number of aldehydes is 1. The van der Waals surface area contributed by atoms with E-state index in [9.17, 15) is 9.59 Å². The van der Waals surface area contributed by atoms with Crippen LogP contribution < -0.4 is 0 Å². The van der Waals surface area contributed by atoms with Gasteiger partial charge in [0.15, 0.2) is 0 Å². The predicted octanol–water partition coefficient (Wildman–Crippen LogP) is 2.75. The number of rotatable bonds is 8. The van der Waals surface area contributed by atoms with Crippen molar-refractivity contribution in [3.05, 3.63) is 12.7 Å². The Balaban J connectivity index is 3.93. The first-order valence-electron chi connectivity index (χ1n) is 5.75. The molecule has 0 aliphatic carbocycles. The highest BCUT2D eigenvalue weighted by atomic mass is 16.5. The number of ether oxygens (including phenoxy) is 1. The highest BCUT2D eigenvalue weighted by Gasteiger charge is 2.20. The molecule has 0 radical (unpaired) electrons. The van der Waals surface area contributed by atoms with Crippen LogP contribution in [0.15, 0.2) is 12.7 Å². The minimum Gasteiger partial charge on any atom is -0.466 e. The summed E-state index contributed by atoms with van der Waals surface area (Å²) < 4.78 is 4.91. The average molecular weight is 226 g/mol. The van der Waals surface area contributed by atoms with Crippen LogP contribution in [0.25, 0.3) is 0 Å². The highest BCUT2D eigenvalue weighted by molar-refractivity contribution is 5.71. The summed E-state index contributed by atoms with van der Waals surface area (Å²) in [6.45, 7) is 9.56. The maximum Gasteiger partial charge on any atom is 0.308 e. The number of allylic oxidation sites excluding steroid dienone is 1. The Labute approximate surface area is 97.9 Å². The molecule has 0 spiro atoms. The van der Waals surface area contributed by atoms with Crippen LogP contribution >= 0.6 is 0 Å². The minimum absolute atomic E-state index is 0.0966. The summed E-state index contributed by atoms with van der Waals surface area (Å²) in [5, 5.41) is 0. The van der Waals surface area contributed by atoms with E-state index in [-0.39, 0.29) is 11.9 Å². The summed E-state index contributed by atoms with van der Waals surface area (Å²) in [6.07, 6.45) is 4.87. The summed E-state index contributed by atoms with van der Waals surface area (Å²) in [5.41, 5.74) is -0.464. The second-order valence-corrected chi connectivity index (χ2v) is 4.37. The normalized spacial score (nSPS) is 15.9. The first kappa shape index (κ1) is 14.9. The van der Waals surface area contributed by atoms with Crippen molar-refractivity contribution < 1.29 is 14.3 Å². The SMILES string of the molecule is C=C[C@@](C)(C=O)CCCC(C)C(=O)OCC. The Hall–Kier alpha value is -1.12. The van der Waals surface area contributed by atoms with E-state index in [4.69, 9.17) is 4.74 Å². The van der Waals surface area contributed by atoms with Gasteiger partial charge >= 0.3 is 5.97 Å². The lowest BCUT2D eigenvalue weighted by molar-refractivity contribution is -0.147. The van der Waals surface area contributed by atoms with Crippen LogP contribution in [0.4, 0.5) is 0 Å². The van der Waals surface area contributed by atoms with Gasteiger partial charge in [0.2, 0.25) is 0 Å². The molecule has 0 N–H and O–H groups in total. The van der Waals surface area contributed by atoms with E-state index >= 15 is 0 Å². The quantitative estimate of drug-likeness (QED) is 0.363. The lowest BCUT2D eigenvalue weighted by atomic mass is 9.85. The summed E-state index contributed by atoms with van der Waals surface area (Å²) in [6, 6.07) is 0. The number of carbonyl (C=O) groups is 2. The van der Waals surface area contributed by atoms with Gasteiger partial charge in [-0.2, -0.15) is 0 Å². The Morgan fingerprint density at radius 1 is 1.56 bits per heavy atom. The van der Waals surface area contributed by atoms with Gasteiger partial charge in [-0.15, -0.1) is 6.58 Å². The first-order valence-corrected chi connectivity index (χ1v) is 5.75. The van der Waals surface area contributed by atoms with Crippen LogP contribution in [0.5, 0.6) is 0 Å². The second-order valence-electron chi connectivity index (χ2n) is 4.37. The van der Waals surface area contributed by atoms with Crippen molar-refractivity contribution in [2.75, 3.05) is 6.61 Å². The molecular formula is C13H22O3. The zero-order valence-corrected chi connectivity index (χ0v) is 10.5. The van der Waals surface area contributed by atoms with Gasteiger partial charge in [0, 0.05) is 5.41 Å². The fourth-order valence-corrected chi connectivity index (χ4v) is 1.40. The van der Waals surface area contributed by atoms with E-state index in [0.717, 1.165) is 25.5 Å².